The topological polar surface area (TPSA) is 0 Å². The Labute approximate surface area is 84.1 Å². The fourth-order valence-corrected chi connectivity index (χ4v) is 2.64. The van der Waals surface area contributed by atoms with E-state index in [9.17, 15) is 22.0 Å². The van der Waals surface area contributed by atoms with Crippen LogP contribution in [-0.2, 0) is 0 Å². The maximum atomic E-state index is 12.3. The van der Waals surface area contributed by atoms with Gasteiger partial charge in [-0.05, 0) is 12.8 Å². The highest BCUT2D eigenvalue weighted by Gasteiger charge is 2.69. The van der Waals surface area contributed by atoms with E-state index in [2.05, 4.69) is 0 Å². The minimum atomic E-state index is -5.34. The summed E-state index contributed by atoms with van der Waals surface area (Å²) in [6.07, 6.45) is -3.29. The van der Waals surface area contributed by atoms with Crippen molar-refractivity contribution in [1.29, 1.82) is 0 Å². The fourth-order valence-electron chi connectivity index (χ4n) is 0.606. The van der Waals surface area contributed by atoms with E-state index in [-0.39, 0.29) is 4.43 Å². The Kier molecular flexibility index (Phi) is 5.46. The zero-order chi connectivity index (χ0) is 10.5. The number of halogens is 6. The third-order valence-electron chi connectivity index (χ3n) is 1.32. The quantitative estimate of drug-likeness (QED) is 0.298. The lowest BCUT2D eigenvalue weighted by Gasteiger charge is -2.07. The molecule has 0 spiro atoms. The summed E-state index contributed by atoms with van der Waals surface area (Å²) in [6, 6.07) is 0. The minimum Gasteiger partial charge on any atom is -0.161 e. The van der Waals surface area contributed by atoms with Gasteiger partial charge in [0.15, 0.2) is 4.43 Å². The number of alkyl halides is 7. The van der Waals surface area contributed by atoms with Gasteiger partial charge in [0, 0.05) is 0 Å². The van der Waals surface area contributed by atoms with Gasteiger partial charge in [-0.3, -0.25) is 0 Å². The summed E-state index contributed by atoms with van der Waals surface area (Å²) in [7, 11) is 0. The summed E-state index contributed by atoms with van der Waals surface area (Å²) in [5, 5.41) is 0. The largest absolute Gasteiger partial charge is 0.537 e. The molecule has 0 saturated carbocycles. The Morgan fingerprint density at radius 1 is 1.00 bits per heavy atom. The van der Waals surface area contributed by atoms with Crippen molar-refractivity contribution in [2.45, 2.75) is 36.3 Å². The van der Waals surface area contributed by atoms with Gasteiger partial charge in [-0.2, -0.15) is 13.2 Å². The molecule has 0 aromatic heterocycles. The van der Waals surface area contributed by atoms with Gasteiger partial charge in [-0.1, -0.05) is 13.3 Å². The Morgan fingerprint density at radius 2 is 1.54 bits per heavy atom. The average molecular weight is 317 g/mol. The second kappa shape index (κ2) is 5.31. The standard InChI is InChI=1S/C7H11F5I/c1-2-3-4-5-13-7(11,12)6(8,9)10/h2-5H2,1H3/q+1. The normalized spacial score (nSPS) is 13.4. The van der Waals surface area contributed by atoms with Crippen molar-refractivity contribution < 1.29 is 43.2 Å². The minimum absolute atomic E-state index is 0.0409. The molecule has 6 heteroatoms. The van der Waals surface area contributed by atoms with Gasteiger partial charge < -0.3 is 0 Å². The molecule has 0 nitrogen and oxygen atoms in total. The van der Waals surface area contributed by atoms with Crippen molar-refractivity contribution in [3.63, 3.8) is 0 Å². The highest BCUT2D eigenvalue weighted by molar-refractivity contribution is 4.59. The van der Waals surface area contributed by atoms with Crippen LogP contribution in [0.1, 0.15) is 26.2 Å². The van der Waals surface area contributed by atoms with Gasteiger partial charge in [0.25, 0.3) is 0 Å². The average Bonchev–Trinajstić information content (AvgIpc) is 1.96. The van der Waals surface area contributed by atoms with Crippen LogP contribution in [0.5, 0.6) is 0 Å². The van der Waals surface area contributed by atoms with E-state index in [1.807, 2.05) is 6.92 Å². The van der Waals surface area contributed by atoms with Gasteiger partial charge in [0.1, 0.15) is 0 Å². The molecule has 80 valence electrons. The molecule has 0 aliphatic heterocycles. The van der Waals surface area contributed by atoms with Gasteiger partial charge in [0.2, 0.25) is 0 Å². The second-order valence-corrected chi connectivity index (χ2v) is 5.72. The van der Waals surface area contributed by atoms with Crippen LogP contribution in [0.3, 0.4) is 0 Å². The molecule has 0 aromatic rings. The SMILES string of the molecule is CCCCC[I+]C(F)(F)C(F)(F)F. The van der Waals surface area contributed by atoms with Crippen LogP contribution in [0, 0.1) is 0 Å². The molecule has 0 aliphatic carbocycles. The van der Waals surface area contributed by atoms with Crippen LogP contribution in [0.4, 0.5) is 22.0 Å². The van der Waals surface area contributed by atoms with E-state index in [1.165, 1.54) is 0 Å². The first-order valence-electron chi connectivity index (χ1n) is 3.86. The molecule has 0 fully saturated rings. The van der Waals surface area contributed by atoms with Gasteiger partial charge in [0.05, 0.1) is 0 Å². The highest BCUT2D eigenvalue weighted by Crippen LogP contribution is 2.27. The van der Waals surface area contributed by atoms with Gasteiger partial charge in [-0.25, -0.2) is 0 Å². The molecule has 0 aliphatic rings. The molecular weight excluding hydrogens is 306 g/mol. The maximum absolute atomic E-state index is 12.3. The third kappa shape index (κ3) is 4.97. The van der Waals surface area contributed by atoms with Crippen molar-refractivity contribution in [3.8, 4) is 0 Å². The van der Waals surface area contributed by atoms with E-state index >= 15 is 0 Å². The molecule has 0 bridgehead atoms. The van der Waals surface area contributed by atoms with Crippen molar-refractivity contribution in [2.75, 3.05) is 4.43 Å². The van der Waals surface area contributed by atoms with E-state index in [4.69, 9.17) is 0 Å². The van der Waals surface area contributed by atoms with Gasteiger partial charge >= 0.3 is 31.3 Å². The summed E-state index contributed by atoms with van der Waals surface area (Å²) >= 11 is -2.08. The summed E-state index contributed by atoms with van der Waals surface area (Å²) < 4.78 is 55.1. The van der Waals surface area contributed by atoms with E-state index < -0.39 is 31.3 Å². The summed E-state index contributed by atoms with van der Waals surface area (Å²) in [6.45, 7) is 1.88. The van der Waals surface area contributed by atoms with E-state index in [0.29, 0.717) is 6.42 Å². The van der Waals surface area contributed by atoms with Crippen molar-refractivity contribution in [2.24, 2.45) is 0 Å². The van der Waals surface area contributed by atoms with Crippen molar-refractivity contribution in [3.05, 3.63) is 0 Å². The first-order chi connectivity index (χ1) is 5.81. The lowest BCUT2D eigenvalue weighted by molar-refractivity contribution is -0.810. The molecule has 0 saturated heterocycles. The number of hydrogen-bond acceptors (Lipinski definition) is 0. The Bertz CT molecular complexity index is 142. The zero-order valence-corrected chi connectivity index (χ0v) is 9.25. The van der Waals surface area contributed by atoms with Crippen LogP contribution < -0.4 is 21.2 Å². The van der Waals surface area contributed by atoms with Gasteiger partial charge in [-0.15, -0.1) is 8.78 Å². The lowest BCUT2D eigenvalue weighted by atomic mass is 10.3. The molecule has 13 heavy (non-hydrogen) atoms. The molecule has 0 radical (unpaired) electrons. The molecule has 0 atom stereocenters. The molecule has 0 aromatic carbocycles. The number of rotatable bonds is 5. The first-order valence-corrected chi connectivity index (χ1v) is 6.46. The fraction of sp³-hybridized carbons (Fsp3) is 1.00. The van der Waals surface area contributed by atoms with Crippen LogP contribution in [0.25, 0.3) is 0 Å². The molecule has 0 unspecified atom stereocenters. The summed E-state index contributed by atoms with van der Waals surface area (Å²) in [4.78, 5) is 0. The van der Waals surface area contributed by atoms with Crippen LogP contribution in [0.2, 0.25) is 0 Å². The van der Waals surface area contributed by atoms with Crippen LogP contribution in [0.15, 0.2) is 0 Å². The summed E-state index contributed by atoms with van der Waals surface area (Å²) in [5.74, 6) is 0. The lowest BCUT2D eigenvalue weighted by Crippen LogP contribution is -3.69. The Morgan fingerprint density at radius 3 is 1.92 bits per heavy atom. The third-order valence-corrected chi connectivity index (χ3v) is 4.19. The Hall–Kier alpha value is 0.380. The predicted octanol–water partition coefficient (Wildman–Crippen LogP) is 0.421. The van der Waals surface area contributed by atoms with Crippen molar-refractivity contribution in [1.82, 2.24) is 0 Å². The van der Waals surface area contributed by atoms with Crippen LogP contribution >= 0.6 is 0 Å². The maximum Gasteiger partial charge on any atom is 0.537 e. The molecule has 0 N–H and O–H groups in total. The number of hydrogen-bond donors (Lipinski definition) is 0. The zero-order valence-electron chi connectivity index (χ0n) is 7.10. The Balaban J connectivity index is 3.77. The van der Waals surface area contributed by atoms with Crippen molar-refractivity contribution >= 4 is 0 Å². The molecule has 0 amide bonds. The van der Waals surface area contributed by atoms with E-state index in [1.54, 1.807) is 0 Å². The molecule has 0 heterocycles. The smallest absolute Gasteiger partial charge is 0.161 e. The number of unbranched alkanes of at least 4 members (excludes halogenated alkanes) is 2. The predicted molar refractivity (Wildman–Crippen MR) is 35.4 cm³/mol. The molecular formula is C7H11F5I+. The van der Waals surface area contributed by atoms with E-state index in [0.717, 1.165) is 12.8 Å². The van der Waals surface area contributed by atoms with Crippen LogP contribution in [-0.4, -0.2) is 14.5 Å². The summed E-state index contributed by atoms with van der Waals surface area (Å²) in [5.41, 5.74) is 0. The second-order valence-electron chi connectivity index (χ2n) is 2.53. The first kappa shape index (κ1) is 13.4. The molecule has 0 rings (SSSR count). The monoisotopic (exact) mass is 317 g/mol. The highest BCUT2D eigenvalue weighted by atomic mass is 127.